The monoisotopic (exact) mass is 772 g/mol. The summed E-state index contributed by atoms with van der Waals surface area (Å²) in [4.78, 5) is 43.9. The minimum atomic E-state index is -4.46. The van der Waals surface area contributed by atoms with Crippen molar-refractivity contribution in [2.45, 2.75) is 31.7 Å². The predicted octanol–water partition coefficient (Wildman–Crippen LogP) is 7.42. The first-order valence-corrected chi connectivity index (χ1v) is 19.4. The zero-order chi connectivity index (χ0) is 39.6. The lowest BCUT2D eigenvalue weighted by molar-refractivity contribution is -0.145. The Hall–Kier alpha value is -5.94. The summed E-state index contributed by atoms with van der Waals surface area (Å²) < 4.78 is 39.7. The van der Waals surface area contributed by atoms with Gasteiger partial charge in [-0.1, -0.05) is 91.0 Å². The molecule has 294 valence electrons. The molecule has 57 heavy (non-hydrogen) atoms. The van der Waals surface area contributed by atoms with Gasteiger partial charge in [0.1, 0.15) is 11.9 Å². The van der Waals surface area contributed by atoms with E-state index in [1.165, 1.54) is 29.8 Å². The van der Waals surface area contributed by atoms with Crippen LogP contribution in [-0.2, 0) is 35.3 Å². The molecule has 2 amide bonds. The van der Waals surface area contributed by atoms with Crippen molar-refractivity contribution in [3.63, 3.8) is 0 Å². The van der Waals surface area contributed by atoms with Crippen LogP contribution >= 0.6 is 0 Å². The number of alkyl halides is 3. The fourth-order valence-electron chi connectivity index (χ4n) is 7.48. The molecule has 7 rings (SSSR count). The molecule has 3 heterocycles. The summed E-state index contributed by atoms with van der Waals surface area (Å²) in [5.74, 6) is 0.441. The minimum absolute atomic E-state index is 0.128. The highest BCUT2D eigenvalue weighted by atomic mass is 19.4. The van der Waals surface area contributed by atoms with E-state index >= 15 is 0 Å². The Morgan fingerprint density at radius 2 is 1.28 bits per heavy atom. The van der Waals surface area contributed by atoms with Crippen LogP contribution in [0.2, 0.25) is 0 Å². The first kappa shape index (κ1) is 39.3. The number of carbonyl (C=O) groups excluding carboxylic acids is 2. The lowest BCUT2D eigenvalue weighted by Gasteiger charge is -2.39. The highest BCUT2D eigenvalue weighted by Gasteiger charge is 2.34. The van der Waals surface area contributed by atoms with Crippen LogP contribution in [0.5, 0.6) is 0 Å². The second-order valence-corrected chi connectivity index (χ2v) is 14.5. The molecule has 5 aromatic rings. The van der Waals surface area contributed by atoms with Gasteiger partial charge >= 0.3 is 6.18 Å². The maximum atomic E-state index is 14.7. The van der Waals surface area contributed by atoms with Crippen LogP contribution in [0, 0.1) is 0 Å². The van der Waals surface area contributed by atoms with Crippen LogP contribution < -0.4 is 9.80 Å². The molecule has 11 heteroatoms. The predicted molar refractivity (Wildman–Crippen MR) is 218 cm³/mol. The number of benzene rings is 4. The number of nitrogens with zero attached hydrogens (tertiary/aromatic N) is 6. The summed E-state index contributed by atoms with van der Waals surface area (Å²) in [5, 5.41) is 0. The molecule has 2 aliphatic heterocycles. The van der Waals surface area contributed by atoms with Crippen molar-refractivity contribution in [2.75, 3.05) is 62.2 Å². The van der Waals surface area contributed by atoms with Crippen LogP contribution in [-0.4, -0.2) is 89.9 Å². The van der Waals surface area contributed by atoms with E-state index in [9.17, 15) is 22.8 Å². The quantitative estimate of drug-likeness (QED) is 0.123. The van der Waals surface area contributed by atoms with Crippen molar-refractivity contribution in [3.8, 4) is 0 Å². The minimum Gasteiger partial charge on any atom is -0.368 e. The van der Waals surface area contributed by atoms with E-state index in [-0.39, 0.29) is 12.5 Å². The van der Waals surface area contributed by atoms with E-state index in [0.717, 1.165) is 67.5 Å². The van der Waals surface area contributed by atoms with Crippen molar-refractivity contribution in [2.24, 2.45) is 0 Å². The third-order valence-corrected chi connectivity index (χ3v) is 10.7. The van der Waals surface area contributed by atoms with Crippen molar-refractivity contribution in [1.29, 1.82) is 0 Å². The Morgan fingerprint density at radius 1 is 0.667 bits per heavy atom. The Kier molecular flexibility index (Phi) is 12.6. The fraction of sp³-hybridized carbons (Fsp3) is 0.283. The number of amides is 2. The first-order valence-electron chi connectivity index (χ1n) is 19.4. The van der Waals surface area contributed by atoms with Gasteiger partial charge in [-0.05, 0) is 64.7 Å². The molecule has 4 aromatic carbocycles. The summed E-state index contributed by atoms with van der Waals surface area (Å²) >= 11 is 0. The standard InChI is InChI=1S/C46H47F3N6O2/c47-46(48,49)40-19-14-36(15-20-40)18-23-44(56)55(35-39-16-21-41(22-17-39)52-29-31-53(32-30-52)43-13-7-8-24-50-43)42(33-37-9-3-1-4-10-37)45(57)54-27-25-51(26-28-54)34-38-11-5-2-6-12-38/h1-24,42H,25-35H2. The van der Waals surface area contributed by atoms with E-state index in [1.807, 2.05) is 90.0 Å². The average Bonchev–Trinajstić information content (AvgIpc) is 3.25. The Labute approximate surface area is 332 Å². The van der Waals surface area contributed by atoms with Gasteiger partial charge in [-0.15, -0.1) is 0 Å². The molecule has 8 nitrogen and oxygen atoms in total. The molecule has 1 unspecified atom stereocenters. The zero-order valence-electron chi connectivity index (χ0n) is 31.8. The zero-order valence-corrected chi connectivity index (χ0v) is 31.8. The van der Waals surface area contributed by atoms with Gasteiger partial charge < -0.3 is 19.6 Å². The van der Waals surface area contributed by atoms with Crippen LogP contribution in [0.4, 0.5) is 24.7 Å². The van der Waals surface area contributed by atoms with Crippen molar-refractivity contribution < 1.29 is 22.8 Å². The summed E-state index contributed by atoms with van der Waals surface area (Å²) in [6, 6.07) is 37.9. The van der Waals surface area contributed by atoms with Crippen molar-refractivity contribution in [3.05, 3.63) is 167 Å². The smallest absolute Gasteiger partial charge is 0.368 e. The number of rotatable bonds is 12. The topological polar surface area (TPSA) is 63.2 Å². The normalized spacial score (nSPS) is 15.8. The number of aromatic nitrogens is 1. The molecule has 2 aliphatic rings. The molecule has 0 aliphatic carbocycles. The number of anilines is 2. The Morgan fingerprint density at radius 3 is 1.89 bits per heavy atom. The molecular formula is C46H47F3N6O2. The summed E-state index contributed by atoms with van der Waals surface area (Å²) in [6.45, 7) is 6.80. The highest BCUT2D eigenvalue weighted by Crippen LogP contribution is 2.29. The van der Waals surface area contributed by atoms with Crippen LogP contribution in [0.3, 0.4) is 0 Å². The second-order valence-electron chi connectivity index (χ2n) is 14.5. The maximum absolute atomic E-state index is 14.7. The third-order valence-electron chi connectivity index (χ3n) is 10.7. The van der Waals surface area contributed by atoms with Gasteiger partial charge in [0.05, 0.1) is 5.56 Å². The SMILES string of the molecule is O=C(C(Cc1ccccc1)N(Cc1ccc(N2CCN(c3ccccn3)CC2)cc1)C(=O)C=Cc1ccc(C(F)(F)F)cc1)N1CCN(Cc2ccccc2)CC1. The summed E-state index contributed by atoms with van der Waals surface area (Å²) in [6.07, 6.45) is 0.527. The molecule has 0 spiro atoms. The van der Waals surface area contributed by atoms with E-state index in [1.54, 1.807) is 4.90 Å². The number of piperazine rings is 2. The number of hydrogen-bond donors (Lipinski definition) is 0. The Balaban J connectivity index is 1.12. The lowest BCUT2D eigenvalue weighted by Crippen LogP contribution is -2.56. The molecule has 1 aromatic heterocycles. The van der Waals surface area contributed by atoms with Crippen LogP contribution in [0.1, 0.15) is 27.8 Å². The maximum Gasteiger partial charge on any atom is 0.416 e. The molecule has 1 atom stereocenters. The molecule has 0 saturated carbocycles. The van der Waals surface area contributed by atoms with Gasteiger partial charge in [-0.2, -0.15) is 13.2 Å². The average molecular weight is 773 g/mol. The van der Waals surface area contributed by atoms with E-state index in [0.29, 0.717) is 38.2 Å². The lowest BCUT2D eigenvalue weighted by atomic mass is 10.0. The number of halogens is 3. The van der Waals surface area contributed by atoms with Gasteiger partial charge in [-0.3, -0.25) is 14.5 Å². The van der Waals surface area contributed by atoms with Crippen LogP contribution in [0.15, 0.2) is 140 Å². The summed E-state index contributed by atoms with van der Waals surface area (Å²) in [5.41, 5.74) is 3.76. The van der Waals surface area contributed by atoms with Gasteiger partial charge in [0.25, 0.3) is 0 Å². The van der Waals surface area contributed by atoms with Gasteiger partial charge in [-0.25, -0.2) is 4.98 Å². The van der Waals surface area contributed by atoms with E-state index in [4.69, 9.17) is 0 Å². The fourth-order valence-corrected chi connectivity index (χ4v) is 7.48. The Bertz CT molecular complexity index is 2070. The number of pyridine rings is 1. The van der Waals surface area contributed by atoms with Crippen molar-refractivity contribution in [1.82, 2.24) is 19.7 Å². The number of hydrogen-bond acceptors (Lipinski definition) is 6. The van der Waals surface area contributed by atoms with E-state index in [2.05, 4.69) is 43.9 Å². The molecular weight excluding hydrogens is 726 g/mol. The molecule has 0 bridgehead atoms. The molecule has 2 fully saturated rings. The van der Waals surface area contributed by atoms with Gasteiger partial charge in [0.15, 0.2) is 0 Å². The molecule has 0 N–H and O–H groups in total. The van der Waals surface area contributed by atoms with Gasteiger partial charge in [0.2, 0.25) is 11.8 Å². The third kappa shape index (κ3) is 10.5. The second kappa shape index (κ2) is 18.3. The highest BCUT2D eigenvalue weighted by molar-refractivity contribution is 5.95. The molecule has 0 radical (unpaired) electrons. The first-order chi connectivity index (χ1) is 27.7. The largest absolute Gasteiger partial charge is 0.416 e. The number of carbonyl (C=O) groups is 2. The van der Waals surface area contributed by atoms with Crippen LogP contribution in [0.25, 0.3) is 6.08 Å². The van der Waals surface area contributed by atoms with E-state index < -0.39 is 23.7 Å². The van der Waals surface area contributed by atoms with Gasteiger partial charge in [0, 0.05) is 89.8 Å². The molecule has 2 saturated heterocycles. The summed E-state index contributed by atoms with van der Waals surface area (Å²) in [7, 11) is 0. The van der Waals surface area contributed by atoms with Crippen molar-refractivity contribution >= 4 is 29.4 Å².